The number of aromatic nitrogens is 2. The van der Waals surface area contributed by atoms with E-state index in [4.69, 9.17) is 16.7 Å². The van der Waals surface area contributed by atoms with Crippen molar-refractivity contribution in [3.8, 4) is 0 Å². The number of hydrogen-bond donors (Lipinski definition) is 2. The second-order valence-corrected chi connectivity index (χ2v) is 4.97. The Labute approximate surface area is 122 Å². The molecule has 0 unspecified atom stereocenters. The molecule has 0 bridgehead atoms. The van der Waals surface area contributed by atoms with Gasteiger partial charge in [0.15, 0.2) is 0 Å². The number of hydrogen-bond acceptors (Lipinski definition) is 4. The zero-order chi connectivity index (χ0) is 15.6. The summed E-state index contributed by atoms with van der Waals surface area (Å²) in [4.78, 5) is 19.2. The summed E-state index contributed by atoms with van der Waals surface area (Å²) in [7, 11) is 0. The van der Waals surface area contributed by atoms with Crippen LogP contribution in [-0.2, 0) is 6.18 Å². The maximum atomic E-state index is 12.5. The molecule has 1 aliphatic heterocycles. The third-order valence-electron chi connectivity index (χ3n) is 3.07. The molecule has 21 heavy (non-hydrogen) atoms. The van der Waals surface area contributed by atoms with Gasteiger partial charge in [-0.2, -0.15) is 13.2 Å². The largest absolute Gasteiger partial charge is 0.465 e. The van der Waals surface area contributed by atoms with Crippen LogP contribution in [0, 0.1) is 0 Å². The van der Waals surface area contributed by atoms with Gasteiger partial charge in [-0.25, -0.2) is 14.8 Å². The normalized spacial score (nSPS) is 19.4. The number of piperidine rings is 1. The lowest BCUT2D eigenvalue weighted by Gasteiger charge is -2.31. The average molecular weight is 325 g/mol. The third kappa shape index (κ3) is 3.87. The summed E-state index contributed by atoms with van der Waals surface area (Å²) in [5, 5.41) is 11.0. The van der Waals surface area contributed by atoms with Gasteiger partial charge in [-0.15, -0.1) is 0 Å². The van der Waals surface area contributed by atoms with Crippen LogP contribution < -0.4 is 5.32 Å². The predicted molar refractivity (Wildman–Crippen MR) is 68.3 cm³/mol. The summed E-state index contributed by atoms with van der Waals surface area (Å²) < 4.78 is 37.6. The zero-order valence-corrected chi connectivity index (χ0v) is 11.4. The molecule has 1 aromatic heterocycles. The summed E-state index contributed by atoms with van der Waals surface area (Å²) in [5.74, 6) is -0.0507. The zero-order valence-electron chi connectivity index (χ0n) is 10.7. The maximum Gasteiger partial charge on any atom is 0.420 e. The van der Waals surface area contributed by atoms with Crippen molar-refractivity contribution in [1.29, 1.82) is 0 Å². The first-order chi connectivity index (χ1) is 9.77. The number of halogens is 4. The summed E-state index contributed by atoms with van der Waals surface area (Å²) in [6, 6.07) is -0.261. The molecule has 0 spiro atoms. The van der Waals surface area contributed by atoms with E-state index in [2.05, 4.69) is 15.3 Å². The van der Waals surface area contributed by atoms with Crippen molar-refractivity contribution in [2.24, 2.45) is 0 Å². The van der Waals surface area contributed by atoms with Crippen LogP contribution >= 0.6 is 11.6 Å². The second kappa shape index (κ2) is 5.92. The summed E-state index contributed by atoms with van der Waals surface area (Å²) in [6.45, 7) is 0.652. The fourth-order valence-corrected chi connectivity index (χ4v) is 2.31. The number of carbonyl (C=O) groups is 1. The lowest BCUT2D eigenvalue weighted by Crippen LogP contribution is -2.44. The number of alkyl halides is 3. The average Bonchev–Trinajstić information content (AvgIpc) is 2.37. The molecule has 1 aromatic rings. The van der Waals surface area contributed by atoms with E-state index >= 15 is 0 Å². The molecule has 0 saturated carbocycles. The highest BCUT2D eigenvalue weighted by Crippen LogP contribution is 2.33. The minimum atomic E-state index is -4.61. The highest BCUT2D eigenvalue weighted by atomic mass is 35.5. The van der Waals surface area contributed by atoms with Crippen molar-refractivity contribution >= 4 is 23.6 Å². The van der Waals surface area contributed by atoms with Crippen LogP contribution in [0.3, 0.4) is 0 Å². The lowest BCUT2D eigenvalue weighted by molar-refractivity contribution is -0.137. The maximum absolute atomic E-state index is 12.5. The first-order valence-corrected chi connectivity index (χ1v) is 6.49. The monoisotopic (exact) mass is 324 g/mol. The Balaban J connectivity index is 2.06. The van der Waals surface area contributed by atoms with Gasteiger partial charge in [0, 0.05) is 25.3 Å². The Kier molecular flexibility index (Phi) is 4.40. The third-order valence-corrected chi connectivity index (χ3v) is 3.36. The van der Waals surface area contributed by atoms with Gasteiger partial charge in [-0.3, -0.25) is 0 Å². The first-order valence-electron chi connectivity index (χ1n) is 6.11. The molecule has 1 saturated heterocycles. The number of anilines is 1. The number of nitrogens with one attached hydrogen (secondary N) is 1. The molecule has 0 aliphatic carbocycles. The molecule has 1 aliphatic rings. The number of carboxylic acid groups (broad SMARTS) is 1. The van der Waals surface area contributed by atoms with Crippen LogP contribution in [0.15, 0.2) is 6.20 Å². The van der Waals surface area contributed by atoms with Crippen molar-refractivity contribution in [1.82, 2.24) is 14.9 Å². The molecule has 0 radical (unpaired) electrons. The van der Waals surface area contributed by atoms with Crippen LogP contribution in [0.1, 0.15) is 18.4 Å². The number of rotatable bonds is 2. The smallest absolute Gasteiger partial charge is 0.420 e. The van der Waals surface area contributed by atoms with Crippen LogP contribution in [-0.4, -0.2) is 45.2 Å². The van der Waals surface area contributed by atoms with E-state index in [1.54, 1.807) is 0 Å². The molecule has 1 atom stereocenters. The minimum Gasteiger partial charge on any atom is -0.465 e. The Morgan fingerprint density at radius 1 is 1.52 bits per heavy atom. The molecule has 116 valence electrons. The summed E-state index contributed by atoms with van der Waals surface area (Å²) in [6.07, 6.45) is -3.71. The van der Waals surface area contributed by atoms with E-state index in [-0.39, 0.29) is 18.5 Å². The van der Waals surface area contributed by atoms with Gasteiger partial charge in [0.1, 0.15) is 10.7 Å². The van der Waals surface area contributed by atoms with Crippen molar-refractivity contribution in [3.63, 3.8) is 0 Å². The number of nitrogens with zero attached hydrogens (tertiary/aromatic N) is 3. The Hall–Kier alpha value is -1.77. The van der Waals surface area contributed by atoms with E-state index in [9.17, 15) is 18.0 Å². The molecule has 2 rings (SSSR count). The van der Waals surface area contributed by atoms with E-state index < -0.39 is 23.0 Å². The molecular formula is C11H12ClF3N4O2. The highest BCUT2D eigenvalue weighted by molar-refractivity contribution is 6.30. The van der Waals surface area contributed by atoms with E-state index in [0.29, 0.717) is 25.6 Å². The SMILES string of the molecule is O=C(O)N1CCC[C@H](Nc2ncc(C(F)(F)F)c(Cl)n2)C1. The van der Waals surface area contributed by atoms with E-state index in [1.165, 1.54) is 4.90 Å². The summed E-state index contributed by atoms with van der Waals surface area (Å²) >= 11 is 5.50. The minimum absolute atomic E-state index is 0.0507. The molecule has 6 nitrogen and oxygen atoms in total. The van der Waals surface area contributed by atoms with Gasteiger partial charge in [-0.05, 0) is 12.8 Å². The molecule has 2 heterocycles. The first kappa shape index (κ1) is 15.6. The fourth-order valence-electron chi connectivity index (χ4n) is 2.07. The van der Waals surface area contributed by atoms with Crippen LogP contribution in [0.4, 0.5) is 23.9 Å². The topological polar surface area (TPSA) is 78.4 Å². The van der Waals surface area contributed by atoms with Crippen LogP contribution in [0.25, 0.3) is 0 Å². The van der Waals surface area contributed by atoms with Crippen molar-refractivity contribution in [2.45, 2.75) is 25.1 Å². The molecule has 10 heteroatoms. The Morgan fingerprint density at radius 3 is 2.81 bits per heavy atom. The quantitative estimate of drug-likeness (QED) is 0.818. The number of likely N-dealkylation sites (tertiary alicyclic amines) is 1. The van der Waals surface area contributed by atoms with Crippen molar-refractivity contribution in [2.75, 3.05) is 18.4 Å². The second-order valence-electron chi connectivity index (χ2n) is 4.61. The van der Waals surface area contributed by atoms with E-state index in [1.807, 2.05) is 0 Å². The molecule has 2 N–H and O–H groups in total. The number of amides is 1. The molecule has 1 fully saturated rings. The van der Waals surface area contributed by atoms with Crippen molar-refractivity contribution in [3.05, 3.63) is 16.9 Å². The Bertz CT molecular complexity index is 541. The standard InChI is InChI=1S/C11H12ClF3N4O2/c12-8-7(11(13,14)15)4-16-9(18-8)17-6-2-1-3-19(5-6)10(20)21/h4,6H,1-3,5H2,(H,20,21)(H,16,17,18)/t6-/m0/s1. The van der Waals surface area contributed by atoms with E-state index in [0.717, 1.165) is 0 Å². The van der Waals surface area contributed by atoms with Gasteiger partial charge in [0.2, 0.25) is 5.95 Å². The van der Waals surface area contributed by atoms with Gasteiger partial charge in [-0.1, -0.05) is 11.6 Å². The van der Waals surface area contributed by atoms with Crippen LogP contribution in [0.2, 0.25) is 5.15 Å². The van der Waals surface area contributed by atoms with Crippen LogP contribution in [0.5, 0.6) is 0 Å². The van der Waals surface area contributed by atoms with Crippen molar-refractivity contribution < 1.29 is 23.1 Å². The Morgan fingerprint density at radius 2 is 2.24 bits per heavy atom. The molecule has 0 aromatic carbocycles. The van der Waals surface area contributed by atoms with Gasteiger partial charge in [0.05, 0.1) is 0 Å². The van der Waals surface area contributed by atoms with Gasteiger partial charge < -0.3 is 15.3 Å². The molecular weight excluding hydrogens is 313 g/mol. The highest BCUT2D eigenvalue weighted by Gasteiger charge is 2.35. The summed E-state index contributed by atoms with van der Waals surface area (Å²) in [5.41, 5.74) is -1.11. The predicted octanol–water partition coefficient (Wildman–Crippen LogP) is 2.70. The van der Waals surface area contributed by atoms with Gasteiger partial charge in [0.25, 0.3) is 0 Å². The molecule has 1 amide bonds. The lowest BCUT2D eigenvalue weighted by atomic mass is 10.1. The fraction of sp³-hybridized carbons (Fsp3) is 0.545. The van der Waals surface area contributed by atoms with Gasteiger partial charge >= 0.3 is 12.3 Å².